The molecule has 3 rings (SSSR count). The molecule has 2 amide bonds. The normalized spacial score (nSPS) is 14.3. The first kappa shape index (κ1) is 17.5. The number of piperazine rings is 1. The minimum absolute atomic E-state index is 0.486. The zero-order chi connectivity index (χ0) is 17.8. The Hall–Kier alpha value is -2.34. The second kappa shape index (κ2) is 7.70. The summed E-state index contributed by atoms with van der Waals surface area (Å²) in [5, 5.41) is 2.69. The molecule has 2 aromatic carbocycles. The summed E-state index contributed by atoms with van der Waals surface area (Å²) in [7, 11) is 0. The number of hydrogen-bond donors (Lipinski definition) is 1. The molecule has 25 heavy (non-hydrogen) atoms. The van der Waals surface area contributed by atoms with Crippen LogP contribution in [0.4, 0.5) is 11.4 Å². The van der Waals surface area contributed by atoms with E-state index in [1.165, 1.54) is 0 Å². The molecule has 1 N–H and O–H groups in total. The average Bonchev–Trinajstić information content (AvgIpc) is 2.64. The molecule has 6 heteroatoms. The summed E-state index contributed by atoms with van der Waals surface area (Å²) in [5.74, 6) is -1.09. The van der Waals surface area contributed by atoms with Crippen molar-refractivity contribution in [3.8, 4) is 0 Å². The van der Waals surface area contributed by atoms with Gasteiger partial charge in [-0.15, -0.1) is 0 Å². The van der Waals surface area contributed by atoms with Crippen LogP contribution in [0.5, 0.6) is 0 Å². The molecule has 1 fully saturated rings. The van der Waals surface area contributed by atoms with Gasteiger partial charge in [0.25, 0.3) is 0 Å². The highest BCUT2D eigenvalue weighted by atomic mass is 79.9. The molecule has 0 saturated carbocycles. The number of anilines is 2. The molecule has 0 aromatic heterocycles. The predicted molar refractivity (Wildman–Crippen MR) is 103 cm³/mol. The van der Waals surface area contributed by atoms with Crippen molar-refractivity contribution >= 4 is 39.1 Å². The molecule has 0 spiro atoms. The van der Waals surface area contributed by atoms with Crippen LogP contribution >= 0.6 is 15.9 Å². The van der Waals surface area contributed by atoms with Crippen molar-refractivity contribution < 1.29 is 9.59 Å². The molecule has 130 valence electrons. The molecule has 5 nitrogen and oxygen atoms in total. The first-order valence-electron chi connectivity index (χ1n) is 8.21. The standard InChI is InChI=1S/C19H20BrN3O2/c1-14-7-8-17(16(20)13-14)21-18(24)19(25)23-11-9-22(10-12-23)15-5-3-2-4-6-15/h2-8,13H,9-12H2,1H3,(H,21,24). The van der Waals surface area contributed by atoms with E-state index in [-0.39, 0.29) is 0 Å². The van der Waals surface area contributed by atoms with Crippen molar-refractivity contribution in [2.45, 2.75) is 6.92 Å². The molecule has 0 radical (unpaired) electrons. The van der Waals surface area contributed by atoms with Crippen LogP contribution in [-0.4, -0.2) is 42.9 Å². The minimum atomic E-state index is -0.599. The van der Waals surface area contributed by atoms with Gasteiger partial charge in [0.05, 0.1) is 5.69 Å². The molecule has 1 aliphatic rings. The molecule has 2 aromatic rings. The van der Waals surface area contributed by atoms with Crippen molar-refractivity contribution in [2.75, 3.05) is 36.4 Å². The lowest BCUT2D eigenvalue weighted by molar-refractivity contribution is -0.143. The van der Waals surface area contributed by atoms with E-state index in [0.29, 0.717) is 18.8 Å². The van der Waals surface area contributed by atoms with Gasteiger partial charge in [-0.2, -0.15) is 0 Å². The Kier molecular flexibility index (Phi) is 5.38. The summed E-state index contributed by atoms with van der Waals surface area (Å²) in [6, 6.07) is 15.7. The van der Waals surface area contributed by atoms with Crippen LogP contribution in [0.3, 0.4) is 0 Å². The number of aryl methyl sites for hydroxylation is 1. The van der Waals surface area contributed by atoms with Crippen molar-refractivity contribution in [2.24, 2.45) is 0 Å². The Morgan fingerprint density at radius 1 is 1.00 bits per heavy atom. The number of halogens is 1. The first-order chi connectivity index (χ1) is 12.0. The van der Waals surface area contributed by atoms with Crippen LogP contribution in [0.15, 0.2) is 53.0 Å². The third-order valence-electron chi connectivity index (χ3n) is 4.26. The van der Waals surface area contributed by atoms with Crippen molar-refractivity contribution in [3.05, 3.63) is 58.6 Å². The lowest BCUT2D eigenvalue weighted by Crippen LogP contribution is -2.51. The highest BCUT2D eigenvalue weighted by Gasteiger charge is 2.26. The highest BCUT2D eigenvalue weighted by Crippen LogP contribution is 2.23. The number of benzene rings is 2. The van der Waals surface area contributed by atoms with Gasteiger partial charge in [-0.05, 0) is 52.7 Å². The number of carbonyl (C=O) groups excluding carboxylic acids is 2. The average molecular weight is 402 g/mol. The molecular weight excluding hydrogens is 382 g/mol. The molecule has 0 unspecified atom stereocenters. The number of nitrogens with one attached hydrogen (secondary N) is 1. The lowest BCUT2D eigenvalue weighted by atomic mass is 10.2. The predicted octanol–water partition coefficient (Wildman–Crippen LogP) is 3.04. The fraction of sp³-hybridized carbons (Fsp3) is 0.263. The molecule has 0 aliphatic carbocycles. The SMILES string of the molecule is Cc1ccc(NC(=O)C(=O)N2CCN(c3ccccc3)CC2)c(Br)c1. The van der Waals surface area contributed by atoms with E-state index in [1.807, 2.05) is 37.3 Å². The lowest BCUT2D eigenvalue weighted by Gasteiger charge is -2.35. The fourth-order valence-electron chi connectivity index (χ4n) is 2.85. The van der Waals surface area contributed by atoms with E-state index < -0.39 is 11.8 Å². The molecule has 0 bridgehead atoms. The second-order valence-electron chi connectivity index (χ2n) is 6.05. The molecule has 1 saturated heterocycles. The Morgan fingerprint density at radius 3 is 2.32 bits per heavy atom. The maximum Gasteiger partial charge on any atom is 0.313 e. The number of hydrogen-bond acceptors (Lipinski definition) is 3. The highest BCUT2D eigenvalue weighted by molar-refractivity contribution is 9.10. The van der Waals surface area contributed by atoms with Gasteiger partial charge in [-0.3, -0.25) is 9.59 Å². The molecule has 1 heterocycles. The zero-order valence-electron chi connectivity index (χ0n) is 14.0. The molecule has 1 aliphatic heterocycles. The van der Waals surface area contributed by atoms with Crippen molar-refractivity contribution in [1.29, 1.82) is 0 Å². The third-order valence-corrected chi connectivity index (χ3v) is 4.91. The Labute approximate surface area is 155 Å². The van der Waals surface area contributed by atoms with Crippen molar-refractivity contribution in [1.82, 2.24) is 4.90 Å². The Bertz CT molecular complexity index is 771. The summed E-state index contributed by atoms with van der Waals surface area (Å²) in [5.41, 5.74) is 2.82. The Balaban J connectivity index is 1.57. The number of carbonyl (C=O) groups is 2. The van der Waals surface area contributed by atoms with Gasteiger partial charge in [-0.1, -0.05) is 24.3 Å². The maximum atomic E-state index is 12.4. The molecule has 0 atom stereocenters. The van der Waals surface area contributed by atoms with Gasteiger partial charge in [0.15, 0.2) is 0 Å². The summed E-state index contributed by atoms with van der Waals surface area (Å²) in [4.78, 5) is 28.5. The minimum Gasteiger partial charge on any atom is -0.368 e. The van der Waals surface area contributed by atoms with Gasteiger partial charge in [0.2, 0.25) is 0 Å². The van der Waals surface area contributed by atoms with Gasteiger partial charge < -0.3 is 15.1 Å². The van der Waals surface area contributed by atoms with Crippen molar-refractivity contribution in [3.63, 3.8) is 0 Å². The van der Waals surface area contributed by atoms with E-state index in [4.69, 9.17) is 0 Å². The quantitative estimate of drug-likeness (QED) is 0.786. The molecular formula is C19H20BrN3O2. The number of nitrogens with zero attached hydrogens (tertiary/aromatic N) is 2. The number of para-hydroxylation sites is 1. The van der Waals surface area contributed by atoms with Crippen LogP contribution in [0, 0.1) is 6.92 Å². The van der Waals surface area contributed by atoms with Crippen LogP contribution in [-0.2, 0) is 9.59 Å². The van der Waals surface area contributed by atoms with Gasteiger partial charge in [-0.25, -0.2) is 0 Å². The van der Waals surface area contributed by atoms with Crippen LogP contribution in [0.25, 0.3) is 0 Å². The Morgan fingerprint density at radius 2 is 1.68 bits per heavy atom. The number of amides is 2. The summed E-state index contributed by atoms with van der Waals surface area (Å²) >= 11 is 3.41. The largest absolute Gasteiger partial charge is 0.368 e. The van der Waals surface area contributed by atoms with E-state index in [1.54, 1.807) is 11.0 Å². The van der Waals surface area contributed by atoms with E-state index in [2.05, 4.69) is 38.3 Å². The van der Waals surface area contributed by atoms with Gasteiger partial charge in [0, 0.05) is 36.3 Å². The summed E-state index contributed by atoms with van der Waals surface area (Å²) in [6.07, 6.45) is 0. The van der Waals surface area contributed by atoms with Crippen LogP contribution in [0.1, 0.15) is 5.56 Å². The van der Waals surface area contributed by atoms with Gasteiger partial charge >= 0.3 is 11.8 Å². The van der Waals surface area contributed by atoms with Crippen LogP contribution < -0.4 is 10.2 Å². The van der Waals surface area contributed by atoms with E-state index in [0.717, 1.165) is 28.8 Å². The topological polar surface area (TPSA) is 52.7 Å². The van der Waals surface area contributed by atoms with Gasteiger partial charge in [0.1, 0.15) is 0 Å². The third kappa shape index (κ3) is 4.20. The fourth-order valence-corrected chi connectivity index (χ4v) is 3.44. The monoisotopic (exact) mass is 401 g/mol. The smallest absolute Gasteiger partial charge is 0.313 e. The van der Waals surface area contributed by atoms with E-state index in [9.17, 15) is 9.59 Å². The first-order valence-corrected chi connectivity index (χ1v) is 9.00. The van der Waals surface area contributed by atoms with E-state index >= 15 is 0 Å². The zero-order valence-corrected chi connectivity index (χ0v) is 15.6. The summed E-state index contributed by atoms with van der Waals surface area (Å²) in [6.45, 7) is 4.48. The second-order valence-corrected chi connectivity index (χ2v) is 6.91. The maximum absolute atomic E-state index is 12.4. The number of rotatable bonds is 2. The van der Waals surface area contributed by atoms with Crippen LogP contribution in [0.2, 0.25) is 0 Å². The summed E-state index contributed by atoms with van der Waals surface area (Å²) < 4.78 is 0.766.